The first-order valence-corrected chi connectivity index (χ1v) is 6.41. The Labute approximate surface area is 116 Å². The van der Waals surface area contributed by atoms with Crippen LogP contribution < -0.4 is 16.0 Å². The molecule has 0 aliphatic rings. The van der Waals surface area contributed by atoms with Crippen LogP contribution in [0.25, 0.3) is 0 Å². The lowest BCUT2D eigenvalue weighted by Crippen LogP contribution is -2.28. The first kappa shape index (κ1) is 13.9. The lowest BCUT2D eigenvalue weighted by molar-refractivity contribution is 0.315. The summed E-state index contributed by atoms with van der Waals surface area (Å²) in [6.45, 7) is 2.70. The molecular weight excluding hydrogens is 266 g/mol. The van der Waals surface area contributed by atoms with E-state index in [1.807, 2.05) is 13.0 Å². The van der Waals surface area contributed by atoms with Gasteiger partial charge in [-0.3, -0.25) is 10.8 Å². The molecule has 0 aliphatic heterocycles. The van der Waals surface area contributed by atoms with Crippen LogP contribution in [0.3, 0.4) is 0 Å². The molecule has 1 atom stereocenters. The van der Waals surface area contributed by atoms with Gasteiger partial charge in [-0.2, -0.15) is 0 Å². The second-order valence-electron chi connectivity index (χ2n) is 4.04. The summed E-state index contributed by atoms with van der Waals surface area (Å²) in [5.41, 5.74) is 3.53. The summed E-state index contributed by atoms with van der Waals surface area (Å²) in [4.78, 5) is 4.14. The van der Waals surface area contributed by atoms with E-state index in [1.165, 1.54) is 0 Å². The Balaban J connectivity index is 2.23. The molecule has 3 N–H and O–H groups in total. The van der Waals surface area contributed by atoms with Crippen LogP contribution >= 0.6 is 11.6 Å². The summed E-state index contributed by atoms with van der Waals surface area (Å²) in [6.07, 6.45) is 4.32. The molecule has 0 saturated heterocycles. The van der Waals surface area contributed by atoms with Gasteiger partial charge in [-0.05, 0) is 41.8 Å². The molecule has 1 unspecified atom stereocenters. The summed E-state index contributed by atoms with van der Waals surface area (Å²) in [5, 5.41) is 0.321. The van der Waals surface area contributed by atoms with Crippen molar-refractivity contribution in [3.63, 3.8) is 0 Å². The third-order valence-electron chi connectivity index (χ3n) is 2.59. The number of pyridine rings is 1. The van der Waals surface area contributed by atoms with Crippen molar-refractivity contribution in [1.82, 2.24) is 10.4 Å². The number of rotatable bonds is 6. The van der Waals surface area contributed by atoms with Gasteiger partial charge in [0, 0.05) is 6.20 Å². The molecule has 0 radical (unpaired) electrons. The lowest BCUT2D eigenvalue weighted by Gasteiger charge is -2.14. The summed E-state index contributed by atoms with van der Waals surface area (Å²) in [7, 11) is 0. The maximum atomic E-state index is 5.77. The molecule has 0 fully saturated rings. The number of hydrogen-bond acceptors (Lipinski definition) is 5. The van der Waals surface area contributed by atoms with Crippen LogP contribution in [0.15, 0.2) is 35.0 Å². The highest BCUT2D eigenvalue weighted by Gasteiger charge is 2.17. The first-order valence-electron chi connectivity index (χ1n) is 6.03. The van der Waals surface area contributed by atoms with E-state index in [0.29, 0.717) is 23.3 Å². The number of hydrogen-bond donors (Lipinski definition) is 2. The number of nitrogens with zero attached hydrogens (tertiary/aromatic N) is 1. The van der Waals surface area contributed by atoms with Crippen LogP contribution in [-0.2, 0) is 0 Å². The molecular formula is C13H16ClN3O2. The third kappa shape index (κ3) is 3.47. The van der Waals surface area contributed by atoms with Gasteiger partial charge >= 0.3 is 0 Å². The fourth-order valence-electron chi connectivity index (χ4n) is 1.72. The standard InChI is InChI=1S/C13H16ClN3O2/c1-2-5-18-10-6-9(7-16-8-10)13(17-15)11-3-4-12(14)19-11/h3-4,6-8,13,17H,2,5,15H2,1H3. The van der Waals surface area contributed by atoms with Gasteiger partial charge in [0.2, 0.25) is 0 Å². The lowest BCUT2D eigenvalue weighted by atomic mass is 10.1. The van der Waals surface area contributed by atoms with E-state index in [0.717, 1.165) is 12.0 Å². The van der Waals surface area contributed by atoms with Crippen LogP contribution in [0.5, 0.6) is 5.75 Å². The molecule has 0 spiro atoms. The number of hydrazine groups is 1. The van der Waals surface area contributed by atoms with E-state index >= 15 is 0 Å². The van der Waals surface area contributed by atoms with Crippen molar-refractivity contribution in [3.8, 4) is 5.75 Å². The average Bonchev–Trinajstić information content (AvgIpc) is 2.84. The number of nitrogens with one attached hydrogen (secondary N) is 1. The van der Waals surface area contributed by atoms with Crippen molar-refractivity contribution in [2.75, 3.05) is 6.61 Å². The molecule has 0 bridgehead atoms. The Bertz CT molecular complexity index is 530. The van der Waals surface area contributed by atoms with Gasteiger partial charge in [0.25, 0.3) is 0 Å². The molecule has 0 aliphatic carbocycles. The Morgan fingerprint density at radius 2 is 2.32 bits per heavy atom. The maximum Gasteiger partial charge on any atom is 0.193 e. The topological polar surface area (TPSA) is 73.3 Å². The quantitative estimate of drug-likeness (QED) is 0.629. The largest absolute Gasteiger partial charge is 0.492 e. The van der Waals surface area contributed by atoms with E-state index in [4.69, 9.17) is 26.6 Å². The summed E-state index contributed by atoms with van der Waals surface area (Å²) < 4.78 is 10.9. The fourth-order valence-corrected chi connectivity index (χ4v) is 1.87. The molecule has 102 valence electrons. The highest BCUT2D eigenvalue weighted by molar-refractivity contribution is 6.28. The highest BCUT2D eigenvalue weighted by Crippen LogP contribution is 2.26. The van der Waals surface area contributed by atoms with E-state index in [9.17, 15) is 0 Å². The Kier molecular flexibility index (Phi) is 4.79. The van der Waals surface area contributed by atoms with E-state index in [-0.39, 0.29) is 6.04 Å². The first-order chi connectivity index (χ1) is 9.24. The monoisotopic (exact) mass is 281 g/mol. The van der Waals surface area contributed by atoms with Gasteiger partial charge in [-0.1, -0.05) is 6.92 Å². The Hall–Kier alpha value is -1.56. The van der Waals surface area contributed by atoms with Gasteiger partial charge in [0.15, 0.2) is 5.22 Å². The van der Waals surface area contributed by atoms with Crippen molar-refractivity contribution in [2.24, 2.45) is 5.84 Å². The minimum absolute atomic E-state index is 0.315. The van der Waals surface area contributed by atoms with Crippen LogP contribution in [0.2, 0.25) is 5.22 Å². The molecule has 2 aromatic heterocycles. The summed E-state index contributed by atoms with van der Waals surface area (Å²) in [6, 6.07) is 5.01. The zero-order chi connectivity index (χ0) is 13.7. The van der Waals surface area contributed by atoms with Crippen LogP contribution in [-0.4, -0.2) is 11.6 Å². The minimum Gasteiger partial charge on any atom is -0.492 e. The van der Waals surface area contributed by atoms with Gasteiger partial charge in [0.05, 0.1) is 12.8 Å². The van der Waals surface area contributed by atoms with E-state index in [2.05, 4.69) is 10.4 Å². The smallest absolute Gasteiger partial charge is 0.193 e. The van der Waals surface area contributed by atoms with Crippen LogP contribution in [0, 0.1) is 0 Å². The molecule has 0 saturated carbocycles. The fraction of sp³-hybridized carbons (Fsp3) is 0.308. The van der Waals surface area contributed by atoms with Crippen molar-refractivity contribution in [1.29, 1.82) is 0 Å². The number of furan rings is 1. The number of aromatic nitrogens is 1. The summed E-state index contributed by atoms with van der Waals surface area (Å²) in [5.74, 6) is 6.91. The maximum absolute atomic E-state index is 5.77. The second-order valence-corrected chi connectivity index (χ2v) is 4.42. The zero-order valence-electron chi connectivity index (χ0n) is 10.6. The normalized spacial score (nSPS) is 12.4. The predicted octanol–water partition coefficient (Wildman–Crippen LogP) is 2.67. The van der Waals surface area contributed by atoms with Gasteiger partial charge in [0.1, 0.15) is 17.6 Å². The van der Waals surface area contributed by atoms with Gasteiger partial charge in [-0.25, -0.2) is 5.43 Å². The van der Waals surface area contributed by atoms with Crippen LogP contribution in [0.4, 0.5) is 0 Å². The highest BCUT2D eigenvalue weighted by atomic mass is 35.5. The van der Waals surface area contributed by atoms with E-state index < -0.39 is 0 Å². The van der Waals surface area contributed by atoms with Crippen molar-refractivity contribution in [2.45, 2.75) is 19.4 Å². The SMILES string of the molecule is CCCOc1cncc(C(NN)c2ccc(Cl)o2)c1. The minimum atomic E-state index is -0.315. The van der Waals surface area contributed by atoms with E-state index in [1.54, 1.807) is 24.5 Å². The third-order valence-corrected chi connectivity index (χ3v) is 2.79. The summed E-state index contributed by atoms with van der Waals surface area (Å²) >= 11 is 5.77. The average molecular weight is 282 g/mol. The molecule has 19 heavy (non-hydrogen) atoms. The number of nitrogens with two attached hydrogens (primary N) is 1. The molecule has 5 nitrogen and oxygen atoms in total. The molecule has 2 rings (SSSR count). The van der Waals surface area contributed by atoms with Crippen LogP contribution in [0.1, 0.15) is 30.7 Å². The molecule has 0 amide bonds. The molecule has 2 aromatic rings. The predicted molar refractivity (Wildman–Crippen MR) is 72.9 cm³/mol. The molecule has 0 aromatic carbocycles. The second kappa shape index (κ2) is 6.56. The Morgan fingerprint density at radius 3 is 2.95 bits per heavy atom. The van der Waals surface area contributed by atoms with Crippen molar-refractivity contribution >= 4 is 11.6 Å². The van der Waals surface area contributed by atoms with Crippen molar-refractivity contribution in [3.05, 3.63) is 47.1 Å². The number of ether oxygens (including phenoxy) is 1. The number of halogens is 1. The van der Waals surface area contributed by atoms with Gasteiger partial charge in [-0.15, -0.1) is 0 Å². The zero-order valence-corrected chi connectivity index (χ0v) is 11.4. The Morgan fingerprint density at radius 1 is 1.47 bits per heavy atom. The molecule has 2 heterocycles. The molecule has 6 heteroatoms. The van der Waals surface area contributed by atoms with Gasteiger partial charge < -0.3 is 9.15 Å². The van der Waals surface area contributed by atoms with Crippen molar-refractivity contribution < 1.29 is 9.15 Å².